The van der Waals surface area contributed by atoms with E-state index in [9.17, 15) is 10.1 Å². The van der Waals surface area contributed by atoms with Crippen LogP contribution in [0.4, 0.5) is 0 Å². The third-order valence-corrected chi connectivity index (χ3v) is 4.64. The van der Waals surface area contributed by atoms with Crippen molar-refractivity contribution in [1.82, 2.24) is 14.6 Å². The number of hydrogen-bond donors (Lipinski definition) is 1. The molecule has 0 bridgehead atoms. The Balaban J connectivity index is 2.15. The molecule has 1 N–H and O–H groups in total. The maximum absolute atomic E-state index is 13.0. The second-order valence-electron chi connectivity index (χ2n) is 5.53. The van der Waals surface area contributed by atoms with Gasteiger partial charge in [-0.3, -0.25) is 4.79 Å². The van der Waals surface area contributed by atoms with Gasteiger partial charge in [-0.15, -0.1) is 0 Å². The van der Waals surface area contributed by atoms with Crippen molar-refractivity contribution in [3.63, 3.8) is 0 Å². The average molecular weight is 385 g/mol. The molecule has 0 aliphatic heterocycles. The van der Waals surface area contributed by atoms with Gasteiger partial charge in [-0.05, 0) is 30.3 Å². The molecule has 0 saturated carbocycles. The minimum absolute atomic E-state index is 0.219. The predicted octanol–water partition coefficient (Wildman–Crippen LogP) is 4.03. The van der Waals surface area contributed by atoms with Gasteiger partial charge in [0.2, 0.25) is 0 Å². The molecule has 4 rings (SSSR count). The number of nitrogens with one attached hydrogen (secondary N) is 1. The molecule has 2 aromatic carbocycles. The van der Waals surface area contributed by atoms with Crippen LogP contribution in [0.25, 0.3) is 27.8 Å². The summed E-state index contributed by atoms with van der Waals surface area (Å²) < 4.78 is 6.43. The summed E-state index contributed by atoms with van der Waals surface area (Å²) in [6.45, 7) is 0. The van der Waals surface area contributed by atoms with Crippen molar-refractivity contribution in [1.29, 1.82) is 5.26 Å². The predicted molar refractivity (Wildman–Crippen MR) is 100 cm³/mol. The lowest BCUT2D eigenvalue weighted by Crippen LogP contribution is -2.16. The zero-order valence-corrected chi connectivity index (χ0v) is 14.9. The smallest absolute Gasteiger partial charge is 0.286 e. The van der Waals surface area contributed by atoms with Crippen molar-refractivity contribution in [2.24, 2.45) is 0 Å². The lowest BCUT2D eigenvalue weighted by Gasteiger charge is -2.05. The fourth-order valence-corrected chi connectivity index (χ4v) is 3.41. The number of halogens is 2. The van der Waals surface area contributed by atoms with Crippen LogP contribution in [0.2, 0.25) is 10.0 Å². The maximum Gasteiger partial charge on any atom is 0.286 e. The highest BCUT2D eigenvalue weighted by Gasteiger charge is 2.21. The highest BCUT2D eigenvalue weighted by molar-refractivity contribution is 6.36. The summed E-state index contributed by atoms with van der Waals surface area (Å²) in [5.41, 5.74) is 1.48. The number of benzene rings is 2. The van der Waals surface area contributed by atoms with Gasteiger partial charge in [0.05, 0.1) is 17.6 Å². The SMILES string of the molecule is COc1cccc2[nH]c3c(C#N)c(-c4ccc(Cl)cc4Cl)nn3c(=O)c12. The molecule has 0 unspecified atom stereocenters. The van der Waals surface area contributed by atoms with Crippen LogP contribution in [0, 0.1) is 11.3 Å². The van der Waals surface area contributed by atoms with Crippen LogP contribution >= 0.6 is 23.2 Å². The van der Waals surface area contributed by atoms with Crippen LogP contribution < -0.4 is 10.3 Å². The normalized spacial score (nSPS) is 11.0. The van der Waals surface area contributed by atoms with Crippen LogP contribution in [0.3, 0.4) is 0 Å². The Labute approximate surface area is 157 Å². The Morgan fingerprint density at radius 2 is 2.08 bits per heavy atom. The number of H-pyrrole nitrogens is 1. The Bertz CT molecular complexity index is 1280. The van der Waals surface area contributed by atoms with Crippen molar-refractivity contribution in [2.75, 3.05) is 7.11 Å². The van der Waals surface area contributed by atoms with Crippen LogP contribution in [-0.2, 0) is 0 Å². The Hall–Kier alpha value is -3.01. The molecule has 0 aliphatic rings. The summed E-state index contributed by atoms with van der Waals surface area (Å²) in [7, 11) is 1.49. The molecule has 6 nitrogen and oxygen atoms in total. The summed E-state index contributed by atoms with van der Waals surface area (Å²) in [4.78, 5) is 16.1. The third-order valence-electron chi connectivity index (χ3n) is 4.09. The lowest BCUT2D eigenvalue weighted by atomic mass is 10.1. The molecule has 0 amide bonds. The Morgan fingerprint density at radius 1 is 1.27 bits per heavy atom. The summed E-state index contributed by atoms with van der Waals surface area (Å²) in [6.07, 6.45) is 0. The lowest BCUT2D eigenvalue weighted by molar-refractivity contribution is 0.419. The van der Waals surface area contributed by atoms with Gasteiger partial charge in [0, 0.05) is 10.6 Å². The summed E-state index contributed by atoms with van der Waals surface area (Å²) >= 11 is 12.2. The highest BCUT2D eigenvalue weighted by atomic mass is 35.5. The molecule has 8 heteroatoms. The first-order valence-corrected chi connectivity index (χ1v) is 8.28. The summed E-state index contributed by atoms with van der Waals surface area (Å²) in [5.74, 6) is 0.422. The number of ether oxygens (including phenoxy) is 1. The van der Waals surface area contributed by atoms with Crippen molar-refractivity contribution < 1.29 is 4.74 Å². The van der Waals surface area contributed by atoms with Crippen LogP contribution in [0.5, 0.6) is 5.75 Å². The van der Waals surface area contributed by atoms with Crippen molar-refractivity contribution in [3.05, 3.63) is 62.4 Å². The fraction of sp³-hybridized carbons (Fsp3) is 0.0556. The number of nitrogens with zero attached hydrogens (tertiary/aromatic N) is 3. The first-order valence-electron chi connectivity index (χ1n) is 7.52. The van der Waals surface area contributed by atoms with Crippen LogP contribution in [-0.4, -0.2) is 21.7 Å². The molecular formula is C18H10Cl2N4O2. The van der Waals surface area contributed by atoms with E-state index in [0.717, 1.165) is 4.52 Å². The standard InChI is InChI=1S/C18H10Cl2N4O2/c1-26-14-4-2-3-13-15(14)18(25)24-17(22-13)11(8-21)16(23-24)10-6-5-9(19)7-12(10)20/h2-7,22H,1H3. The van der Waals surface area contributed by atoms with Gasteiger partial charge in [-0.25, -0.2) is 0 Å². The van der Waals surface area contributed by atoms with Crippen LogP contribution in [0.1, 0.15) is 5.56 Å². The molecule has 4 aromatic rings. The monoisotopic (exact) mass is 384 g/mol. The minimum atomic E-state index is -0.390. The van der Waals surface area contributed by atoms with E-state index in [0.29, 0.717) is 43.6 Å². The number of methoxy groups -OCH3 is 1. The van der Waals surface area contributed by atoms with Crippen molar-refractivity contribution >= 4 is 39.8 Å². The van der Waals surface area contributed by atoms with Gasteiger partial charge < -0.3 is 9.72 Å². The fourth-order valence-electron chi connectivity index (χ4n) is 2.92. The van der Waals surface area contributed by atoms with E-state index < -0.39 is 0 Å². The number of hydrogen-bond acceptors (Lipinski definition) is 4. The molecule has 0 aliphatic carbocycles. The van der Waals surface area contributed by atoms with Crippen molar-refractivity contribution in [3.8, 4) is 23.1 Å². The number of nitriles is 1. The minimum Gasteiger partial charge on any atom is -0.496 e. The van der Waals surface area contributed by atoms with E-state index >= 15 is 0 Å². The largest absolute Gasteiger partial charge is 0.496 e. The van der Waals surface area contributed by atoms with E-state index in [2.05, 4.69) is 16.2 Å². The van der Waals surface area contributed by atoms with Gasteiger partial charge in [0.25, 0.3) is 5.56 Å². The van der Waals surface area contributed by atoms with Gasteiger partial charge in [-0.2, -0.15) is 14.9 Å². The van der Waals surface area contributed by atoms with Gasteiger partial charge >= 0.3 is 0 Å². The van der Waals surface area contributed by atoms with E-state index in [-0.39, 0.29) is 11.1 Å². The summed E-state index contributed by atoms with van der Waals surface area (Å²) in [5, 5.41) is 15.1. The molecule has 0 radical (unpaired) electrons. The molecule has 128 valence electrons. The van der Waals surface area contributed by atoms with Gasteiger partial charge in [0.15, 0.2) is 5.65 Å². The maximum atomic E-state index is 13.0. The molecule has 0 fully saturated rings. The second kappa shape index (κ2) is 6.06. The second-order valence-corrected chi connectivity index (χ2v) is 6.38. The van der Waals surface area contributed by atoms with E-state index in [4.69, 9.17) is 27.9 Å². The number of aromatic nitrogens is 3. The zero-order chi connectivity index (χ0) is 18.4. The number of fused-ring (bicyclic) bond motifs is 2. The Kier molecular flexibility index (Phi) is 3.83. The summed E-state index contributed by atoms with van der Waals surface area (Å²) in [6, 6.07) is 12.2. The van der Waals surface area contributed by atoms with Gasteiger partial charge in [-0.1, -0.05) is 29.3 Å². The van der Waals surface area contributed by atoms with E-state index in [1.54, 1.807) is 36.4 Å². The molecule has 2 aromatic heterocycles. The number of aromatic amines is 1. The van der Waals surface area contributed by atoms with E-state index in [1.165, 1.54) is 7.11 Å². The molecule has 0 saturated heterocycles. The first-order chi connectivity index (χ1) is 12.5. The van der Waals surface area contributed by atoms with E-state index in [1.807, 2.05) is 0 Å². The molecule has 0 atom stereocenters. The molecule has 26 heavy (non-hydrogen) atoms. The van der Waals surface area contributed by atoms with Crippen molar-refractivity contribution in [2.45, 2.75) is 0 Å². The first kappa shape index (κ1) is 16.5. The molecular weight excluding hydrogens is 375 g/mol. The highest BCUT2D eigenvalue weighted by Crippen LogP contribution is 2.33. The quantitative estimate of drug-likeness (QED) is 0.565. The third kappa shape index (κ3) is 2.33. The zero-order valence-electron chi connectivity index (χ0n) is 13.4. The topological polar surface area (TPSA) is 83.2 Å². The number of rotatable bonds is 2. The van der Waals surface area contributed by atoms with Crippen LogP contribution in [0.15, 0.2) is 41.2 Å². The molecule has 2 heterocycles. The average Bonchev–Trinajstić information content (AvgIpc) is 2.99. The molecule has 0 spiro atoms. The van der Waals surface area contributed by atoms with Gasteiger partial charge in [0.1, 0.15) is 28.5 Å². The Morgan fingerprint density at radius 3 is 2.77 bits per heavy atom.